The second kappa shape index (κ2) is 4.82. The summed E-state index contributed by atoms with van der Waals surface area (Å²) in [6.07, 6.45) is 1.71. The van der Waals surface area contributed by atoms with Crippen molar-refractivity contribution in [3.63, 3.8) is 0 Å². The summed E-state index contributed by atoms with van der Waals surface area (Å²) in [5.41, 5.74) is -0.440. The molecule has 0 heterocycles. The fourth-order valence-corrected chi connectivity index (χ4v) is 0.418. The predicted molar refractivity (Wildman–Crippen MR) is 45.6 cm³/mol. The molecule has 4 heteroatoms. The molecule has 0 aromatic carbocycles. The Balaban J connectivity index is 4.36. The minimum Gasteiger partial charge on any atom is -0.386 e. The number of hydrogen-bond acceptors (Lipinski definition) is 4. The smallest absolute Gasteiger partial charge is 0.349 e. The maximum atomic E-state index is 10.9. The molecule has 0 aliphatic carbocycles. The van der Waals surface area contributed by atoms with Gasteiger partial charge >= 0.3 is 11.9 Å². The third-order valence-electron chi connectivity index (χ3n) is 1.09. The minimum atomic E-state index is -1.09. The van der Waals surface area contributed by atoms with Crippen LogP contribution in [0, 0.1) is 0 Å². The van der Waals surface area contributed by atoms with Crippen LogP contribution in [0.4, 0.5) is 0 Å². The Bertz CT molecular complexity index is 299. The van der Waals surface area contributed by atoms with Crippen molar-refractivity contribution in [2.24, 2.45) is 0 Å². The summed E-state index contributed by atoms with van der Waals surface area (Å²) in [5, 5.41) is 0. The van der Waals surface area contributed by atoms with Gasteiger partial charge in [0.05, 0.1) is 0 Å². The van der Waals surface area contributed by atoms with Gasteiger partial charge in [-0.1, -0.05) is 19.7 Å². The maximum absolute atomic E-state index is 10.9. The van der Waals surface area contributed by atoms with E-state index in [0.717, 1.165) is 12.2 Å². The molecule has 0 saturated heterocycles. The Morgan fingerprint density at radius 1 is 1.08 bits per heavy atom. The van der Waals surface area contributed by atoms with Gasteiger partial charge in [-0.25, -0.2) is 9.59 Å². The lowest BCUT2D eigenvalue weighted by Crippen LogP contribution is -2.16. The predicted octanol–water partition coefficient (Wildman–Crippen LogP) is 0.553. The molecular formula is C9H8O4. The van der Waals surface area contributed by atoms with Gasteiger partial charge in [0.2, 0.25) is 0 Å². The summed E-state index contributed by atoms with van der Waals surface area (Å²) in [7, 11) is 0. The number of ketones is 1. The van der Waals surface area contributed by atoms with Crippen molar-refractivity contribution >= 4 is 17.7 Å². The van der Waals surface area contributed by atoms with Gasteiger partial charge < -0.3 is 4.74 Å². The topological polar surface area (TPSA) is 60.4 Å². The minimum absolute atomic E-state index is 0.440. The molecule has 0 aliphatic heterocycles. The molecule has 0 atom stereocenters. The number of carbonyl (C=O) groups excluding carboxylic acids is 3. The summed E-state index contributed by atoms with van der Waals surface area (Å²) in [4.78, 5) is 32.1. The first-order chi connectivity index (χ1) is 6.02. The normalized spacial score (nSPS) is 8.31. The molecule has 0 N–H and O–H groups in total. The van der Waals surface area contributed by atoms with E-state index in [9.17, 15) is 14.4 Å². The molecule has 0 rings (SSSR count). The average molecular weight is 180 g/mol. The van der Waals surface area contributed by atoms with Crippen molar-refractivity contribution in [2.45, 2.75) is 0 Å². The van der Waals surface area contributed by atoms with Crippen LogP contribution in [0.25, 0.3) is 0 Å². The molecular weight excluding hydrogens is 172 g/mol. The molecule has 0 amide bonds. The SMILES string of the molecule is C=CC(=O)OC(=O)C(=C)C(=O)C=C. The Labute approximate surface area is 75.2 Å². The van der Waals surface area contributed by atoms with Crippen LogP contribution in [-0.2, 0) is 19.1 Å². The first-order valence-electron chi connectivity index (χ1n) is 3.27. The fourth-order valence-electron chi connectivity index (χ4n) is 0.418. The van der Waals surface area contributed by atoms with E-state index in [4.69, 9.17) is 0 Å². The van der Waals surface area contributed by atoms with Gasteiger partial charge in [0, 0.05) is 6.08 Å². The molecule has 4 nitrogen and oxygen atoms in total. The second-order valence-electron chi connectivity index (χ2n) is 1.96. The highest BCUT2D eigenvalue weighted by Gasteiger charge is 2.16. The quantitative estimate of drug-likeness (QED) is 0.274. The van der Waals surface area contributed by atoms with Gasteiger partial charge in [-0.2, -0.15) is 0 Å². The molecule has 0 unspecified atom stereocenters. The Hall–Kier alpha value is -1.97. The zero-order chi connectivity index (χ0) is 10.4. The number of ether oxygens (including phenoxy) is 1. The van der Waals surface area contributed by atoms with E-state index in [2.05, 4.69) is 24.5 Å². The van der Waals surface area contributed by atoms with Crippen molar-refractivity contribution in [2.75, 3.05) is 0 Å². The van der Waals surface area contributed by atoms with E-state index in [0.29, 0.717) is 0 Å². The first kappa shape index (κ1) is 11.0. The molecule has 0 radical (unpaired) electrons. The van der Waals surface area contributed by atoms with Crippen molar-refractivity contribution < 1.29 is 19.1 Å². The maximum Gasteiger partial charge on any atom is 0.349 e. The molecule has 0 fully saturated rings. The van der Waals surface area contributed by atoms with Gasteiger partial charge in [-0.15, -0.1) is 0 Å². The molecule has 0 saturated carbocycles. The zero-order valence-electron chi connectivity index (χ0n) is 6.91. The summed E-state index contributed by atoms with van der Waals surface area (Å²) in [6.45, 7) is 9.35. The van der Waals surface area contributed by atoms with Gasteiger partial charge in [-0.05, 0) is 6.08 Å². The van der Waals surface area contributed by atoms with E-state index in [1.807, 2.05) is 0 Å². The van der Waals surface area contributed by atoms with Crippen molar-refractivity contribution in [1.82, 2.24) is 0 Å². The lowest BCUT2D eigenvalue weighted by atomic mass is 10.2. The van der Waals surface area contributed by atoms with Crippen molar-refractivity contribution in [3.8, 4) is 0 Å². The molecule has 0 bridgehead atoms. The average Bonchev–Trinajstić information content (AvgIpc) is 2.14. The van der Waals surface area contributed by atoms with Gasteiger partial charge in [0.15, 0.2) is 5.78 Å². The van der Waals surface area contributed by atoms with Gasteiger partial charge in [-0.3, -0.25) is 4.79 Å². The van der Waals surface area contributed by atoms with Crippen LogP contribution in [0.15, 0.2) is 37.5 Å². The van der Waals surface area contributed by atoms with Gasteiger partial charge in [0.25, 0.3) is 0 Å². The standard InChI is InChI=1S/C9H8O4/c1-4-7(10)6(3)9(12)13-8(11)5-2/h4-5H,1-3H2. The van der Waals surface area contributed by atoms with Crippen molar-refractivity contribution in [3.05, 3.63) is 37.5 Å². The lowest BCUT2D eigenvalue weighted by molar-refractivity contribution is -0.153. The van der Waals surface area contributed by atoms with Crippen LogP contribution in [0.3, 0.4) is 0 Å². The molecule has 0 aliphatic rings. The Morgan fingerprint density at radius 2 is 1.62 bits per heavy atom. The number of rotatable bonds is 4. The number of hydrogen-bond donors (Lipinski definition) is 0. The summed E-state index contributed by atoms with van der Waals surface area (Å²) >= 11 is 0. The van der Waals surface area contributed by atoms with Crippen LogP contribution in [0.5, 0.6) is 0 Å². The Kier molecular flexibility index (Phi) is 4.09. The lowest BCUT2D eigenvalue weighted by Gasteiger charge is -1.98. The third kappa shape index (κ3) is 3.29. The van der Waals surface area contributed by atoms with Crippen LogP contribution in [-0.4, -0.2) is 17.7 Å². The molecule has 0 spiro atoms. The van der Waals surface area contributed by atoms with Crippen LogP contribution in [0.1, 0.15) is 0 Å². The van der Waals surface area contributed by atoms with E-state index in [1.54, 1.807) is 0 Å². The molecule has 0 aromatic rings. The first-order valence-corrected chi connectivity index (χ1v) is 3.27. The van der Waals surface area contributed by atoms with Crippen LogP contribution in [0.2, 0.25) is 0 Å². The van der Waals surface area contributed by atoms with E-state index in [1.165, 1.54) is 0 Å². The third-order valence-corrected chi connectivity index (χ3v) is 1.09. The summed E-state index contributed by atoms with van der Waals surface area (Å²) in [5.74, 6) is -2.69. The zero-order valence-corrected chi connectivity index (χ0v) is 6.91. The summed E-state index contributed by atoms with van der Waals surface area (Å²) < 4.78 is 4.12. The fraction of sp³-hybridized carbons (Fsp3) is 0. The second-order valence-corrected chi connectivity index (χ2v) is 1.96. The van der Waals surface area contributed by atoms with Crippen LogP contribution < -0.4 is 0 Å². The van der Waals surface area contributed by atoms with Gasteiger partial charge in [0.1, 0.15) is 5.57 Å². The highest BCUT2D eigenvalue weighted by molar-refractivity contribution is 6.22. The Morgan fingerprint density at radius 3 is 2.00 bits per heavy atom. The monoisotopic (exact) mass is 180 g/mol. The van der Waals surface area contributed by atoms with Crippen molar-refractivity contribution in [1.29, 1.82) is 0 Å². The largest absolute Gasteiger partial charge is 0.386 e. The molecule has 13 heavy (non-hydrogen) atoms. The number of esters is 2. The highest BCUT2D eigenvalue weighted by Crippen LogP contribution is 1.98. The van der Waals surface area contributed by atoms with E-state index in [-0.39, 0.29) is 0 Å². The number of allylic oxidation sites excluding steroid dienone is 1. The van der Waals surface area contributed by atoms with E-state index >= 15 is 0 Å². The van der Waals surface area contributed by atoms with E-state index < -0.39 is 23.3 Å². The molecule has 68 valence electrons. The molecule has 0 aromatic heterocycles. The summed E-state index contributed by atoms with van der Waals surface area (Å²) in [6, 6.07) is 0. The highest BCUT2D eigenvalue weighted by atomic mass is 16.6. The number of carbonyl (C=O) groups is 3. The van der Waals surface area contributed by atoms with Crippen LogP contribution >= 0.6 is 0 Å².